The largest absolute Gasteiger partial charge is 0.510 e. The van der Waals surface area contributed by atoms with Gasteiger partial charge in [-0.05, 0) is 95.3 Å². The number of rotatable bonds is 4. The molecule has 0 saturated carbocycles. The molecule has 0 amide bonds. The lowest BCUT2D eigenvalue weighted by molar-refractivity contribution is 0.00578. The number of nitrogens with zero attached hydrogens (tertiary/aromatic N) is 2. The summed E-state index contributed by atoms with van der Waals surface area (Å²) in [5.41, 5.74) is 7.05. The van der Waals surface area contributed by atoms with Gasteiger partial charge in [-0.15, -0.1) is 0 Å². The predicted octanol–water partition coefficient (Wildman–Crippen LogP) is 9.10. The Balaban J connectivity index is 1.46. The van der Waals surface area contributed by atoms with Crippen LogP contribution in [-0.2, 0) is 9.31 Å². The van der Waals surface area contributed by atoms with Gasteiger partial charge >= 0.3 is 7.12 Å². The SMILES string of the molecule is CC1(C)OB(C2=NC=C(c3c4ccccc4c(-c4ccncc4)c4cc(-c5ccccc5)ccc34)C=CC2)OC1(C)C. The van der Waals surface area contributed by atoms with Gasteiger partial charge < -0.3 is 9.31 Å². The zero-order valence-electron chi connectivity index (χ0n) is 24.5. The molecule has 1 aromatic heterocycles. The molecule has 42 heavy (non-hydrogen) atoms. The first kappa shape index (κ1) is 26.6. The Labute approximate surface area is 247 Å². The molecule has 0 atom stereocenters. The molecule has 7 rings (SSSR count). The number of fused-ring (bicyclic) bond motifs is 2. The van der Waals surface area contributed by atoms with E-state index in [-0.39, 0.29) is 0 Å². The quantitative estimate of drug-likeness (QED) is 0.166. The Hall–Kier alpha value is -4.32. The van der Waals surface area contributed by atoms with E-state index in [0.717, 1.165) is 16.7 Å². The third-order valence-electron chi connectivity index (χ3n) is 8.91. The molecule has 2 aliphatic heterocycles. The molecule has 3 heterocycles. The number of hydrogen-bond donors (Lipinski definition) is 0. The monoisotopic (exact) mass is 548 g/mol. The van der Waals surface area contributed by atoms with Gasteiger partial charge in [-0.25, -0.2) is 0 Å². The van der Waals surface area contributed by atoms with Crippen LogP contribution in [0.1, 0.15) is 39.7 Å². The molecular weight excluding hydrogens is 515 g/mol. The van der Waals surface area contributed by atoms with Gasteiger partial charge in [0, 0.05) is 30.6 Å². The average Bonchev–Trinajstić information content (AvgIpc) is 3.14. The molecule has 2 aliphatic rings. The fourth-order valence-electron chi connectivity index (χ4n) is 5.97. The molecule has 0 bridgehead atoms. The van der Waals surface area contributed by atoms with Crippen molar-refractivity contribution in [2.45, 2.75) is 45.3 Å². The maximum absolute atomic E-state index is 6.34. The highest BCUT2D eigenvalue weighted by Crippen LogP contribution is 2.44. The number of hydrogen-bond acceptors (Lipinski definition) is 4. The van der Waals surface area contributed by atoms with Gasteiger partial charge in [0.15, 0.2) is 0 Å². The van der Waals surface area contributed by atoms with Crippen LogP contribution in [0.4, 0.5) is 0 Å². The molecule has 0 aliphatic carbocycles. The lowest BCUT2D eigenvalue weighted by Crippen LogP contribution is -2.41. The predicted molar refractivity (Wildman–Crippen MR) is 175 cm³/mol. The minimum atomic E-state index is -0.466. The van der Waals surface area contributed by atoms with Gasteiger partial charge in [-0.1, -0.05) is 78.9 Å². The second-order valence-corrected chi connectivity index (χ2v) is 12.1. The normalized spacial score (nSPS) is 17.8. The molecule has 4 nitrogen and oxygen atoms in total. The third-order valence-corrected chi connectivity index (χ3v) is 8.91. The Kier molecular flexibility index (Phi) is 6.45. The summed E-state index contributed by atoms with van der Waals surface area (Å²) in [4.78, 5) is 9.29. The van der Waals surface area contributed by atoms with E-state index in [9.17, 15) is 0 Å². The van der Waals surface area contributed by atoms with Crippen LogP contribution in [0.3, 0.4) is 0 Å². The number of aliphatic imine (C=N–C) groups is 1. The van der Waals surface area contributed by atoms with E-state index >= 15 is 0 Å². The van der Waals surface area contributed by atoms with Crippen LogP contribution in [-0.4, -0.2) is 28.9 Å². The first-order chi connectivity index (χ1) is 20.3. The summed E-state index contributed by atoms with van der Waals surface area (Å²) < 4.78 is 12.7. The average molecular weight is 548 g/mol. The minimum Gasteiger partial charge on any atom is -0.399 e. The van der Waals surface area contributed by atoms with Gasteiger partial charge in [0.2, 0.25) is 0 Å². The molecule has 4 aromatic carbocycles. The lowest BCUT2D eigenvalue weighted by Gasteiger charge is -2.32. The van der Waals surface area contributed by atoms with Crippen LogP contribution in [0.2, 0.25) is 0 Å². The van der Waals surface area contributed by atoms with E-state index < -0.39 is 18.3 Å². The molecule has 5 heteroatoms. The molecule has 0 radical (unpaired) electrons. The van der Waals surface area contributed by atoms with Gasteiger partial charge in [-0.2, -0.15) is 0 Å². The number of pyridine rings is 1. The Morgan fingerprint density at radius 2 is 1.29 bits per heavy atom. The number of allylic oxidation sites excluding steroid dienone is 3. The van der Waals surface area contributed by atoms with E-state index in [1.807, 2.05) is 18.6 Å². The molecular formula is C37H33BN2O2. The molecule has 0 unspecified atom stereocenters. The fourth-order valence-corrected chi connectivity index (χ4v) is 5.97. The van der Waals surface area contributed by atoms with Crippen molar-refractivity contribution in [3.8, 4) is 22.3 Å². The standard InChI is InChI=1S/C37H33BN2O2/c1-36(2)37(3,4)42-38(41-36)33-16-10-13-28(24-40-33)35-30-15-9-8-14-29(30)34(26-19-21-39-22-20-26)32-23-27(17-18-31(32)35)25-11-6-5-7-12-25/h5-15,17-24H,16H2,1-4H3. The van der Waals surface area contributed by atoms with Crippen molar-refractivity contribution >= 4 is 39.8 Å². The Morgan fingerprint density at radius 3 is 2.00 bits per heavy atom. The highest BCUT2D eigenvalue weighted by Gasteiger charge is 2.52. The van der Waals surface area contributed by atoms with Crippen molar-refractivity contribution in [1.29, 1.82) is 0 Å². The first-order valence-electron chi connectivity index (χ1n) is 14.6. The minimum absolute atomic E-state index is 0.408. The van der Waals surface area contributed by atoms with Crippen molar-refractivity contribution in [1.82, 2.24) is 4.98 Å². The van der Waals surface area contributed by atoms with Crippen molar-refractivity contribution in [3.05, 3.63) is 121 Å². The summed E-state index contributed by atoms with van der Waals surface area (Å²) in [6.45, 7) is 8.31. The zero-order chi connectivity index (χ0) is 28.9. The van der Waals surface area contributed by atoms with Crippen LogP contribution in [0, 0.1) is 0 Å². The summed E-state index contributed by atoms with van der Waals surface area (Å²) in [5, 5.41) is 4.77. The van der Waals surface area contributed by atoms with Crippen LogP contribution >= 0.6 is 0 Å². The van der Waals surface area contributed by atoms with E-state index in [2.05, 4.69) is 130 Å². The van der Waals surface area contributed by atoms with Crippen molar-refractivity contribution < 1.29 is 9.31 Å². The van der Waals surface area contributed by atoms with Crippen molar-refractivity contribution in [2.75, 3.05) is 0 Å². The second-order valence-electron chi connectivity index (χ2n) is 12.1. The lowest BCUT2D eigenvalue weighted by atomic mass is 9.80. The highest BCUT2D eigenvalue weighted by atomic mass is 16.7. The van der Waals surface area contributed by atoms with Gasteiger partial charge in [0.25, 0.3) is 0 Å². The van der Waals surface area contributed by atoms with E-state index in [4.69, 9.17) is 14.3 Å². The molecule has 206 valence electrons. The van der Waals surface area contributed by atoms with Crippen molar-refractivity contribution in [2.24, 2.45) is 4.99 Å². The number of benzene rings is 4. The van der Waals surface area contributed by atoms with E-state index in [0.29, 0.717) is 6.42 Å². The van der Waals surface area contributed by atoms with Gasteiger partial charge in [0.1, 0.15) is 0 Å². The zero-order valence-corrected chi connectivity index (χ0v) is 24.5. The molecule has 1 fully saturated rings. The summed E-state index contributed by atoms with van der Waals surface area (Å²) in [5.74, 6) is 0. The van der Waals surface area contributed by atoms with E-state index in [1.54, 1.807) is 0 Å². The van der Waals surface area contributed by atoms with Crippen LogP contribution in [0.15, 0.2) is 121 Å². The van der Waals surface area contributed by atoms with Gasteiger partial charge in [-0.3, -0.25) is 9.98 Å². The first-order valence-corrected chi connectivity index (χ1v) is 14.6. The Morgan fingerprint density at radius 1 is 0.643 bits per heavy atom. The summed E-state index contributed by atoms with van der Waals surface area (Å²) in [6, 6.07) is 30.3. The molecule has 0 spiro atoms. The summed E-state index contributed by atoms with van der Waals surface area (Å²) in [6.07, 6.45) is 10.8. The summed E-state index contributed by atoms with van der Waals surface area (Å²) >= 11 is 0. The molecule has 1 saturated heterocycles. The van der Waals surface area contributed by atoms with Gasteiger partial charge in [0.05, 0.1) is 16.8 Å². The van der Waals surface area contributed by atoms with E-state index in [1.165, 1.54) is 43.8 Å². The van der Waals surface area contributed by atoms with Crippen LogP contribution in [0.25, 0.3) is 49.4 Å². The van der Waals surface area contributed by atoms with Crippen LogP contribution in [0.5, 0.6) is 0 Å². The third kappa shape index (κ3) is 4.50. The Bertz CT molecular complexity index is 1890. The van der Waals surface area contributed by atoms with Crippen molar-refractivity contribution in [3.63, 3.8) is 0 Å². The summed E-state index contributed by atoms with van der Waals surface area (Å²) in [7, 11) is -0.466. The number of aromatic nitrogens is 1. The van der Waals surface area contributed by atoms with Crippen LogP contribution < -0.4 is 0 Å². The maximum atomic E-state index is 6.34. The molecule has 5 aromatic rings. The maximum Gasteiger partial charge on any atom is 0.510 e. The fraction of sp³-hybridized carbons (Fsp3) is 0.189. The highest BCUT2D eigenvalue weighted by molar-refractivity contribution is 6.82. The smallest absolute Gasteiger partial charge is 0.399 e. The second kappa shape index (κ2) is 10.2. The topological polar surface area (TPSA) is 43.7 Å². The molecule has 0 N–H and O–H groups in total.